The molecule has 0 aliphatic heterocycles. The summed E-state index contributed by atoms with van der Waals surface area (Å²) in [6.45, 7) is 2.54. The number of esters is 1. The number of fused-ring (bicyclic) bond motifs is 2. The van der Waals surface area contributed by atoms with Crippen molar-refractivity contribution in [3.05, 3.63) is 106 Å². The predicted molar refractivity (Wildman–Crippen MR) is 163 cm³/mol. The van der Waals surface area contributed by atoms with Crippen molar-refractivity contribution in [1.82, 2.24) is 4.98 Å². The zero-order chi connectivity index (χ0) is 28.3. The number of carbonyl (C=O) groups excluding carboxylic acids is 1. The smallest absolute Gasteiger partial charge is 0.337 e. The van der Waals surface area contributed by atoms with Gasteiger partial charge in [0.25, 0.3) is 0 Å². The number of oxazole rings is 1. The molecule has 206 valence electrons. The Labute approximate surface area is 246 Å². The summed E-state index contributed by atoms with van der Waals surface area (Å²) < 4.78 is 24.2. The number of hydrogen-bond acceptors (Lipinski definition) is 6. The number of benzene rings is 4. The van der Waals surface area contributed by atoms with E-state index >= 15 is 0 Å². The van der Waals surface area contributed by atoms with Crippen molar-refractivity contribution < 1.29 is 23.1 Å². The van der Waals surface area contributed by atoms with E-state index in [0.29, 0.717) is 23.8 Å². The van der Waals surface area contributed by atoms with E-state index in [2.05, 4.69) is 46.0 Å². The van der Waals surface area contributed by atoms with Gasteiger partial charge in [-0.2, -0.15) is 0 Å². The number of nitrogens with zero attached hydrogens (tertiary/aromatic N) is 1. The van der Waals surface area contributed by atoms with Gasteiger partial charge in [0.15, 0.2) is 5.76 Å². The van der Waals surface area contributed by atoms with Gasteiger partial charge >= 0.3 is 5.97 Å². The third-order valence-corrected chi connectivity index (χ3v) is 7.94. The van der Waals surface area contributed by atoms with E-state index in [4.69, 9.17) is 18.3 Å². The molecule has 6 rings (SSSR count). The van der Waals surface area contributed by atoms with Crippen molar-refractivity contribution >= 4 is 43.6 Å². The highest BCUT2D eigenvalue weighted by molar-refractivity contribution is 9.10. The fraction of sp³-hybridized carbons (Fsp3) is 0.176. The van der Waals surface area contributed by atoms with E-state index in [1.54, 1.807) is 18.3 Å². The summed E-state index contributed by atoms with van der Waals surface area (Å²) in [5, 5.41) is 3.08. The number of aromatic nitrogens is 1. The highest BCUT2D eigenvalue weighted by atomic mass is 79.9. The lowest BCUT2D eigenvalue weighted by Crippen LogP contribution is -2.02. The van der Waals surface area contributed by atoms with Crippen molar-refractivity contribution in [1.29, 1.82) is 0 Å². The van der Waals surface area contributed by atoms with Crippen molar-refractivity contribution in [3.8, 4) is 28.5 Å². The monoisotopic (exact) mass is 609 g/mol. The van der Waals surface area contributed by atoms with E-state index in [9.17, 15) is 4.79 Å². The van der Waals surface area contributed by atoms with Gasteiger partial charge in [-0.3, -0.25) is 0 Å². The molecule has 0 N–H and O–H groups in total. The molecule has 0 aliphatic carbocycles. The maximum Gasteiger partial charge on any atom is 0.337 e. The zero-order valence-electron chi connectivity index (χ0n) is 22.8. The molecule has 0 atom stereocenters. The van der Waals surface area contributed by atoms with Gasteiger partial charge in [-0.05, 0) is 69.0 Å². The number of hydrogen-bond donors (Lipinski definition) is 0. The zero-order valence-corrected chi connectivity index (χ0v) is 24.4. The molecule has 0 saturated carbocycles. The molecule has 0 bridgehead atoms. The Morgan fingerprint density at radius 2 is 1.78 bits per heavy atom. The second-order valence-electron chi connectivity index (χ2n) is 9.82. The van der Waals surface area contributed by atoms with Crippen LogP contribution in [0.4, 0.5) is 0 Å². The fourth-order valence-electron chi connectivity index (χ4n) is 4.92. The predicted octanol–water partition coefficient (Wildman–Crippen LogP) is 9.38. The maximum atomic E-state index is 11.7. The largest absolute Gasteiger partial charge is 0.488 e. The molecule has 0 fully saturated rings. The molecule has 4 aromatic carbocycles. The number of halogens is 1. The van der Waals surface area contributed by atoms with Gasteiger partial charge in [-0.15, -0.1) is 0 Å². The summed E-state index contributed by atoms with van der Waals surface area (Å²) >= 11 is 3.73. The van der Waals surface area contributed by atoms with Crippen LogP contribution in [0.3, 0.4) is 0 Å². The van der Waals surface area contributed by atoms with Crippen molar-refractivity contribution in [2.75, 3.05) is 7.11 Å². The lowest BCUT2D eigenvalue weighted by molar-refractivity contribution is 0.0600. The van der Waals surface area contributed by atoms with Gasteiger partial charge in [-0.1, -0.05) is 61.9 Å². The van der Waals surface area contributed by atoms with Gasteiger partial charge < -0.3 is 18.3 Å². The van der Waals surface area contributed by atoms with Gasteiger partial charge in [0, 0.05) is 17.4 Å². The highest BCUT2D eigenvalue weighted by Gasteiger charge is 2.20. The Morgan fingerprint density at radius 1 is 0.951 bits per heavy atom. The first kappa shape index (κ1) is 26.8. The molecule has 41 heavy (non-hydrogen) atoms. The Balaban J connectivity index is 1.24. The molecule has 0 radical (unpaired) electrons. The molecule has 0 unspecified atom stereocenters. The van der Waals surface area contributed by atoms with Crippen molar-refractivity contribution in [3.63, 3.8) is 0 Å². The molecule has 0 aliphatic rings. The average molecular weight is 611 g/mol. The summed E-state index contributed by atoms with van der Waals surface area (Å²) in [5.41, 5.74) is 4.17. The minimum atomic E-state index is -0.359. The number of carbonyl (C=O) groups is 1. The van der Waals surface area contributed by atoms with Crippen molar-refractivity contribution in [2.45, 2.75) is 32.8 Å². The van der Waals surface area contributed by atoms with E-state index in [1.165, 1.54) is 7.11 Å². The average Bonchev–Trinajstić information content (AvgIpc) is 3.64. The first-order valence-electron chi connectivity index (χ1n) is 13.5. The van der Waals surface area contributed by atoms with Gasteiger partial charge in [0.05, 0.1) is 28.9 Å². The maximum absolute atomic E-state index is 11.7. The van der Waals surface area contributed by atoms with Crippen LogP contribution in [0.5, 0.6) is 5.75 Å². The topological polar surface area (TPSA) is 74.7 Å². The van der Waals surface area contributed by atoms with Crippen LogP contribution in [-0.4, -0.2) is 18.1 Å². The molecular formula is C34H28BrNO5. The Morgan fingerprint density at radius 3 is 2.59 bits per heavy atom. The van der Waals surface area contributed by atoms with Crippen LogP contribution in [0, 0.1) is 0 Å². The quantitative estimate of drug-likeness (QED) is 0.152. The second-order valence-corrected chi connectivity index (χ2v) is 10.6. The number of ether oxygens (including phenoxy) is 2. The Hall–Kier alpha value is -4.36. The first-order valence-corrected chi connectivity index (χ1v) is 14.3. The molecule has 7 heteroatoms. The summed E-state index contributed by atoms with van der Waals surface area (Å²) in [6.07, 6.45) is 4.73. The first-order chi connectivity index (χ1) is 20.1. The number of furan rings is 1. The lowest BCUT2D eigenvalue weighted by atomic mass is 10.1. The fourth-order valence-corrected chi connectivity index (χ4v) is 5.53. The van der Waals surface area contributed by atoms with E-state index in [0.717, 1.165) is 73.7 Å². The molecule has 2 heterocycles. The number of aryl methyl sites for hydroxylation is 1. The third-order valence-electron chi connectivity index (χ3n) is 7.12. The number of unbranched alkanes of at least 4 members (excludes halogenated alkanes) is 1. The third kappa shape index (κ3) is 5.37. The van der Waals surface area contributed by atoms with E-state index in [1.807, 2.05) is 48.5 Å². The van der Waals surface area contributed by atoms with Crippen molar-refractivity contribution in [2.24, 2.45) is 0 Å². The van der Waals surface area contributed by atoms with E-state index < -0.39 is 0 Å². The minimum Gasteiger partial charge on any atom is -0.488 e. The standard InChI is InChI=1S/C34H28BrNO5/c1-3-4-8-28-31(26-7-5-6-9-27(26)40-28)33-36-19-30(41-33)24-14-16-25-23(18-24)15-17-29(32(25)35)39-20-21-10-12-22(13-11-21)34(37)38-2/h5-7,9-19H,3-4,8,20H2,1-2H3. The van der Waals surface area contributed by atoms with Crippen LogP contribution >= 0.6 is 15.9 Å². The Bertz CT molecular complexity index is 1850. The SMILES string of the molecule is CCCCc1oc2ccccc2c1-c1ncc(-c2ccc3c(Br)c(OCc4ccc(C(=O)OC)cc4)ccc3c2)o1. The van der Waals surface area contributed by atoms with Crippen LogP contribution < -0.4 is 4.74 Å². The summed E-state index contributed by atoms with van der Waals surface area (Å²) in [6, 6.07) is 25.4. The summed E-state index contributed by atoms with van der Waals surface area (Å²) in [7, 11) is 1.37. The number of methoxy groups -OCH3 is 1. The lowest BCUT2D eigenvalue weighted by Gasteiger charge is -2.11. The molecule has 6 aromatic rings. The van der Waals surface area contributed by atoms with Gasteiger partial charge in [0.1, 0.15) is 23.7 Å². The van der Waals surface area contributed by atoms with Crippen LogP contribution in [0.15, 0.2) is 98.4 Å². The Kier molecular flexibility index (Phi) is 7.61. The summed E-state index contributed by atoms with van der Waals surface area (Å²) in [5.74, 6) is 2.55. The van der Waals surface area contributed by atoms with Gasteiger partial charge in [-0.25, -0.2) is 9.78 Å². The second kappa shape index (κ2) is 11.6. The molecule has 0 amide bonds. The number of rotatable bonds is 9. The van der Waals surface area contributed by atoms with Crippen LogP contribution in [0.2, 0.25) is 0 Å². The van der Waals surface area contributed by atoms with Crippen LogP contribution in [0.25, 0.3) is 44.5 Å². The molecule has 0 spiro atoms. The molecule has 2 aromatic heterocycles. The van der Waals surface area contributed by atoms with Crippen LogP contribution in [-0.2, 0) is 17.8 Å². The van der Waals surface area contributed by atoms with Crippen LogP contribution in [0.1, 0.15) is 41.4 Å². The molecule has 6 nitrogen and oxygen atoms in total. The normalized spacial score (nSPS) is 11.3. The van der Waals surface area contributed by atoms with E-state index in [-0.39, 0.29) is 5.97 Å². The number of para-hydroxylation sites is 1. The molecular weight excluding hydrogens is 582 g/mol. The van der Waals surface area contributed by atoms with Gasteiger partial charge in [0.2, 0.25) is 5.89 Å². The summed E-state index contributed by atoms with van der Waals surface area (Å²) in [4.78, 5) is 16.3. The highest BCUT2D eigenvalue weighted by Crippen LogP contribution is 2.39. The molecule has 0 saturated heterocycles. The minimum absolute atomic E-state index is 0.359.